The summed E-state index contributed by atoms with van der Waals surface area (Å²) in [6.45, 7) is 2.42. The topological polar surface area (TPSA) is 15.3 Å². The normalized spacial score (nSPS) is 20.8. The van der Waals surface area contributed by atoms with Gasteiger partial charge in [0, 0.05) is 12.5 Å². The van der Waals surface area contributed by atoms with E-state index in [0.29, 0.717) is 12.6 Å². The number of hydrogen-bond donors (Lipinski definition) is 1. The highest BCUT2D eigenvalue weighted by atomic mass is 19.4. The largest absolute Gasteiger partial charge is 0.389 e. The van der Waals surface area contributed by atoms with Crippen molar-refractivity contribution in [2.75, 3.05) is 26.7 Å². The van der Waals surface area contributed by atoms with Crippen LogP contribution in [0.15, 0.2) is 0 Å². The van der Waals surface area contributed by atoms with E-state index in [2.05, 4.69) is 10.2 Å². The van der Waals surface area contributed by atoms with Crippen molar-refractivity contribution >= 4 is 0 Å². The van der Waals surface area contributed by atoms with Gasteiger partial charge in [-0.2, -0.15) is 13.2 Å². The zero-order valence-corrected chi connectivity index (χ0v) is 9.11. The molecule has 5 heteroatoms. The lowest BCUT2D eigenvalue weighted by atomic mass is 10.1. The molecule has 0 bridgehead atoms. The molecule has 1 fully saturated rings. The second-order valence-electron chi connectivity index (χ2n) is 4.12. The maximum atomic E-state index is 11.9. The van der Waals surface area contributed by atoms with Crippen LogP contribution in [0, 0.1) is 0 Å². The highest BCUT2D eigenvalue weighted by molar-refractivity contribution is 4.75. The summed E-state index contributed by atoms with van der Waals surface area (Å²) in [4.78, 5) is 2.12. The molecular formula is C10H19F3N2. The minimum Gasteiger partial charge on any atom is -0.317 e. The quantitative estimate of drug-likeness (QED) is 0.786. The fourth-order valence-corrected chi connectivity index (χ4v) is 1.95. The average molecular weight is 224 g/mol. The summed E-state index contributed by atoms with van der Waals surface area (Å²) >= 11 is 0. The van der Waals surface area contributed by atoms with Gasteiger partial charge in [-0.3, -0.25) is 0 Å². The Morgan fingerprint density at radius 3 is 2.33 bits per heavy atom. The third-order valence-electron chi connectivity index (χ3n) is 2.93. The summed E-state index contributed by atoms with van der Waals surface area (Å²) < 4.78 is 35.7. The summed E-state index contributed by atoms with van der Waals surface area (Å²) in [6.07, 6.45) is -2.33. The van der Waals surface area contributed by atoms with E-state index >= 15 is 0 Å². The van der Waals surface area contributed by atoms with E-state index in [1.54, 1.807) is 0 Å². The molecule has 1 N–H and O–H groups in total. The maximum Gasteiger partial charge on any atom is 0.389 e. The molecule has 0 aromatic heterocycles. The number of alkyl halides is 3. The molecule has 0 radical (unpaired) electrons. The van der Waals surface area contributed by atoms with Crippen molar-refractivity contribution in [3.63, 3.8) is 0 Å². The molecular weight excluding hydrogens is 205 g/mol. The van der Waals surface area contributed by atoms with Crippen LogP contribution in [-0.2, 0) is 0 Å². The monoisotopic (exact) mass is 224 g/mol. The lowest BCUT2D eigenvalue weighted by Gasteiger charge is -2.31. The zero-order valence-electron chi connectivity index (χ0n) is 9.11. The molecule has 1 heterocycles. The number of hydrogen-bond acceptors (Lipinski definition) is 2. The second kappa shape index (κ2) is 5.70. The summed E-state index contributed by atoms with van der Waals surface area (Å²) in [5.41, 5.74) is 0. The summed E-state index contributed by atoms with van der Waals surface area (Å²) in [6, 6.07) is 0.545. The van der Waals surface area contributed by atoms with Crippen LogP contribution in [0.1, 0.15) is 25.7 Å². The highest BCUT2D eigenvalue weighted by Crippen LogP contribution is 2.21. The van der Waals surface area contributed by atoms with Crippen molar-refractivity contribution in [3.05, 3.63) is 0 Å². The van der Waals surface area contributed by atoms with Crippen LogP contribution < -0.4 is 5.32 Å². The minimum atomic E-state index is -4.00. The first-order valence-corrected chi connectivity index (χ1v) is 5.47. The molecule has 0 aromatic carbocycles. The first kappa shape index (κ1) is 12.8. The molecule has 1 aliphatic rings. The van der Waals surface area contributed by atoms with Crippen LogP contribution in [0.4, 0.5) is 13.2 Å². The molecule has 0 saturated carbocycles. The second-order valence-corrected chi connectivity index (χ2v) is 4.12. The average Bonchev–Trinajstić information content (AvgIpc) is 2.17. The van der Waals surface area contributed by atoms with Gasteiger partial charge in [-0.05, 0) is 45.9 Å². The Hall–Kier alpha value is -0.290. The van der Waals surface area contributed by atoms with Crippen LogP contribution in [0.3, 0.4) is 0 Å². The van der Waals surface area contributed by atoms with Gasteiger partial charge in [0.2, 0.25) is 0 Å². The van der Waals surface area contributed by atoms with Gasteiger partial charge in [0.25, 0.3) is 0 Å². The minimum absolute atomic E-state index is 0.230. The first-order valence-electron chi connectivity index (χ1n) is 5.47. The molecule has 0 unspecified atom stereocenters. The van der Waals surface area contributed by atoms with Gasteiger partial charge in [-0.1, -0.05) is 0 Å². The predicted octanol–water partition coefficient (Wildman–Crippen LogP) is 2.01. The van der Waals surface area contributed by atoms with E-state index in [1.165, 1.54) is 0 Å². The molecule has 0 aliphatic carbocycles. The first-order chi connectivity index (χ1) is 7.01. The Balaban J connectivity index is 2.09. The van der Waals surface area contributed by atoms with Crippen LogP contribution in [0.5, 0.6) is 0 Å². The van der Waals surface area contributed by atoms with E-state index in [-0.39, 0.29) is 6.42 Å². The number of nitrogens with zero attached hydrogens (tertiary/aromatic N) is 1. The molecule has 0 amide bonds. The van der Waals surface area contributed by atoms with E-state index in [4.69, 9.17) is 0 Å². The fraction of sp³-hybridized carbons (Fsp3) is 1.00. The van der Waals surface area contributed by atoms with Gasteiger partial charge < -0.3 is 10.2 Å². The van der Waals surface area contributed by atoms with Crippen LogP contribution >= 0.6 is 0 Å². The van der Waals surface area contributed by atoms with Crippen molar-refractivity contribution in [2.45, 2.75) is 37.9 Å². The molecule has 1 rings (SSSR count). The van der Waals surface area contributed by atoms with Crippen LogP contribution in [0.25, 0.3) is 0 Å². The third-order valence-corrected chi connectivity index (χ3v) is 2.93. The molecule has 0 aromatic rings. The van der Waals surface area contributed by atoms with Crippen LogP contribution in [0.2, 0.25) is 0 Å². The molecule has 90 valence electrons. The number of rotatable bonds is 4. The van der Waals surface area contributed by atoms with Gasteiger partial charge in [0.05, 0.1) is 0 Å². The van der Waals surface area contributed by atoms with Gasteiger partial charge >= 0.3 is 6.18 Å². The molecule has 1 aliphatic heterocycles. The fourth-order valence-electron chi connectivity index (χ4n) is 1.95. The summed E-state index contributed by atoms with van der Waals surface area (Å²) in [5, 5.41) is 3.20. The van der Waals surface area contributed by atoms with Gasteiger partial charge in [-0.15, -0.1) is 0 Å². The van der Waals surface area contributed by atoms with Gasteiger partial charge in [0.15, 0.2) is 0 Å². The Morgan fingerprint density at radius 2 is 1.87 bits per heavy atom. The van der Waals surface area contributed by atoms with Crippen molar-refractivity contribution in [3.8, 4) is 0 Å². The zero-order chi connectivity index (χ0) is 11.3. The Kier molecular flexibility index (Phi) is 4.86. The number of halogens is 3. The molecule has 0 atom stereocenters. The smallest absolute Gasteiger partial charge is 0.317 e. The number of piperidine rings is 1. The van der Waals surface area contributed by atoms with E-state index in [0.717, 1.165) is 25.9 Å². The Bertz CT molecular complexity index is 174. The predicted molar refractivity (Wildman–Crippen MR) is 53.8 cm³/mol. The lowest BCUT2D eigenvalue weighted by Crippen LogP contribution is -2.41. The molecule has 0 spiro atoms. The van der Waals surface area contributed by atoms with E-state index in [9.17, 15) is 13.2 Å². The summed E-state index contributed by atoms with van der Waals surface area (Å²) in [7, 11) is 1.93. The third kappa shape index (κ3) is 5.37. The SMILES string of the molecule is CNC1CCN(CCCC(F)(F)F)CC1. The highest BCUT2D eigenvalue weighted by Gasteiger charge is 2.27. The standard InChI is InChI=1S/C10H19F3N2/c1-14-9-3-7-15(8-4-9)6-2-5-10(11,12)13/h9,14H,2-8H2,1H3. The van der Waals surface area contributed by atoms with Gasteiger partial charge in [0.1, 0.15) is 0 Å². The van der Waals surface area contributed by atoms with E-state index in [1.807, 2.05) is 7.05 Å². The number of nitrogens with one attached hydrogen (secondary N) is 1. The molecule has 1 saturated heterocycles. The summed E-state index contributed by atoms with van der Waals surface area (Å²) in [5.74, 6) is 0. The van der Waals surface area contributed by atoms with Gasteiger partial charge in [-0.25, -0.2) is 0 Å². The molecule has 2 nitrogen and oxygen atoms in total. The number of likely N-dealkylation sites (tertiary alicyclic amines) is 1. The maximum absolute atomic E-state index is 11.9. The Labute approximate surface area is 88.8 Å². The van der Waals surface area contributed by atoms with Crippen molar-refractivity contribution in [2.24, 2.45) is 0 Å². The lowest BCUT2D eigenvalue weighted by molar-refractivity contribution is -0.136. The van der Waals surface area contributed by atoms with Crippen LogP contribution in [-0.4, -0.2) is 43.8 Å². The molecule has 15 heavy (non-hydrogen) atoms. The Morgan fingerprint density at radius 1 is 1.27 bits per heavy atom. The van der Waals surface area contributed by atoms with Crippen molar-refractivity contribution < 1.29 is 13.2 Å². The van der Waals surface area contributed by atoms with Crippen molar-refractivity contribution in [1.82, 2.24) is 10.2 Å². The van der Waals surface area contributed by atoms with Crippen molar-refractivity contribution in [1.29, 1.82) is 0 Å². The van der Waals surface area contributed by atoms with E-state index < -0.39 is 12.6 Å².